The van der Waals surface area contributed by atoms with Gasteiger partial charge in [0.15, 0.2) is 6.61 Å². The summed E-state index contributed by atoms with van der Waals surface area (Å²) in [4.78, 5) is 17.5. The van der Waals surface area contributed by atoms with E-state index >= 15 is 0 Å². The number of hydrogen-bond donors (Lipinski definition) is 1. The lowest BCUT2D eigenvalue weighted by molar-refractivity contribution is -0.118. The van der Waals surface area contributed by atoms with Gasteiger partial charge < -0.3 is 19.9 Å². The number of nitrogens with zero attached hydrogens (tertiary/aromatic N) is 2. The molecule has 3 rings (SSSR count). The van der Waals surface area contributed by atoms with Crippen LogP contribution < -0.4 is 10.1 Å². The molecule has 2 aromatic carbocycles. The number of nitrogens with one attached hydrogen (secondary N) is 1. The zero-order chi connectivity index (χ0) is 19.1. The SMILES string of the molecule is CCN1CCN(C(=S)c2ccc(OCC(=O)Nc3ccccc3)cc2)CC1. The van der Waals surface area contributed by atoms with Gasteiger partial charge in [0.1, 0.15) is 10.7 Å². The molecule has 0 aliphatic carbocycles. The van der Waals surface area contributed by atoms with Crippen molar-refractivity contribution >= 4 is 28.8 Å². The highest BCUT2D eigenvalue weighted by atomic mass is 32.1. The largest absolute Gasteiger partial charge is 0.484 e. The first-order chi connectivity index (χ1) is 13.2. The maximum absolute atomic E-state index is 12.0. The van der Waals surface area contributed by atoms with Crippen molar-refractivity contribution in [2.75, 3.05) is 44.6 Å². The summed E-state index contributed by atoms with van der Waals surface area (Å²) in [6.45, 7) is 7.27. The first kappa shape index (κ1) is 19.3. The van der Waals surface area contributed by atoms with Gasteiger partial charge in [-0.25, -0.2) is 0 Å². The minimum atomic E-state index is -0.186. The molecule has 142 valence electrons. The zero-order valence-electron chi connectivity index (χ0n) is 15.6. The van der Waals surface area contributed by atoms with E-state index in [-0.39, 0.29) is 12.5 Å². The Labute approximate surface area is 165 Å². The number of anilines is 1. The van der Waals surface area contributed by atoms with Crippen molar-refractivity contribution in [1.82, 2.24) is 9.80 Å². The molecule has 1 saturated heterocycles. The quantitative estimate of drug-likeness (QED) is 0.777. The third kappa shape index (κ3) is 5.52. The van der Waals surface area contributed by atoms with Gasteiger partial charge in [-0.2, -0.15) is 0 Å². The highest BCUT2D eigenvalue weighted by molar-refractivity contribution is 7.80. The number of piperazine rings is 1. The molecule has 1 heterocycles. The smallest absolute Gasteiger partial charge is 0.262 e. The summed E-state index contributed by atoms with van der Waals surface area (Å²) in [5.74, 6) is 0.468. The summed E-state index contributed by atoms with van der Waals surface area (Å²) in [5.41, 5.74) is 1.77. The van der Waals surface area contributed by atoms with Crippen LogP contribution >= 0.6 is 12.2 Å². The Morgan fingerprint density at radius 1 is 1.04 bits per heavy atom. The second-order valence-electron chi connectivity index (χ2n) is 6.45. The van der Waals surface area contributed by atoms with Gasteiger partial charge in [-0.05, 0) is 42.9 Å². The van der Waals surface area contributed by atoms with Crippen molar-refractivity contribution < 1.29 is 9.53 Å². The molecule has 0 saturated carbocycles. The molecule has 6 heteroatoms. The monoisotopic (exact) mass is 383 g/mol. The summed E-state index contributed by atoms with van der Waals surface area (Å²) < 4.78 is 5.57. The first-order valence-corrected chi connectivity index (χ1v) is 9.66. The van der Waals surface area contributed by atoms with Crippen LogP contribution in [0.2, 0.25) is 0 Å². The number of rotatable bonds is 6. The van der Waals surface area contributed by atoms with Crippen LogP contribution in [0.15, 0.2) is 54.6 Å². The summed E-state index contributed by atoms with van der Waals surface area (Å²) in [5, 5.41) is 2.80. The summed E-state index contributed by atoms with van der Waals surface area (Å²) in [6.07, 6.45) is 0. The standard InChI is InChI=1S/C21H25N3O2S/c1-2-23-12-14-24(15-13-23)21(27)17-8-10-19(11-9-17)26-16-20(25)22-18-6-4-3-5-7-18/h3-11H,2,12-16H2,1H3,(H,22,25). The molecule has 2 aromatic rings. The lowest BCUT2D eigenvalue weighted by Gasteiger charge is -2.35. The van der Waals surface area contributed by atoms with E-state index in [1.165, 1.54) is 0 Å². The zero-order valence-corrected chi connectivity index (χ0v) is 16.4. The predicted molar refractivity (Wildman–Crippen MR) is 112 cm³/mol. The van der Waals surface area contributed by atoms with Crippen LogP contribution in [0.5, 0.6) is 5.75 Å². The molecule has 1 amide bonds. The molecule has 0 unspecified atom stereocenters. The van der Waals surface area contributed by atoms with Gasteiger partial charge in [0.25, 0.3) is 5.91 Å². The predicted octanol–water partition coefficient (Wildman–Crippen LogP) is 3.02. The van der Waals surface area contributed by atoms with Crippen LogP contribution in [0.1, 0.15) is 12.5 Å². The van der Waals surface area contributed by atoms with Crippen molar-refractivity contribution in [2.24, 2.45) is 0 Å². The molecule has 1 fully saturated rings. The van der Waals surface area contributed by atoms with Crippen molar-refractivity contribution in [2.45, 2.75) is 6.92 Å². The lowest BCUT2D eigenvalue weighted by Crippen LogP contribution is -2.48. The number of ether oxygens (including phenoxy) is 1. The molecule has 0 spiro atoms. The van der Waals surface area contributed by atoms with Gasteiger partial charge in [-0.15, -0.1) is 0 Å². The van der Waals surface area contributed by atoms with Crippen molar-refractivity contribution in [3.8, 4) is 5.75 Å². The minimum absolute atomic E-state index is 0.0301. The van der Waals surface area contributed by atoms with Crippen LogP contribution in [-0.4, -0.2) is 60.0 Å². The summed E-state index contributed by atoms with van der Waals surface area (Å²) in [6, 6.07) is 17.0. The number of likely N-dealkylation sites (N-methyl/N-ethyl adjacent to an activating group) is 1. The van der Waals surface area contributed by atoms with E-state index in [9.17, 15) is 4.79 Å². The van der Waals surface area contributed by atoms with Crippen LogP contribution in [0.25, 0.3) is 0 Å². The van der Waals surface area contributed by atoms with E-state index in [4.69, 9.17) is 17.0 Å². The number of amides is 1. The van der Waals surface area contributed by atoms with E-state index in [0.29, 0.717) is 5.75 Å². The van der Waals surface area contributed by atoms with Gasteiger partial charge in [0.05, 0.1) is 0 Å². The van der Waals surface area contributed by atoms with Gasteiger partial charge in [0.2, 0.25) is 0 Å². The molecule has 27 heavy (non-hydrogen) atoms. The Morgan fingerprint density at radius 2 is 1.70 bits per heavy atom. The van der Waals surface area contributed by atoms with Crippen LogP contribution in [-0.2, 0) is 4.79 Å². The normalized spacial score (nSPS) is 14.6. The molecule has 1 aliphatic heterocycles. The fourth-order valence-corrected chi connectivity index (χ4v) is 3.33. The highest BCUT2D eigenvalue weighted by Crippen LogP contribution is 2.16. The number of hydrogen-bond acceptors (Lipinski definition) is 4. The van der Waals surface area contributed by atoms with Crippen molar-refractivity contribution in [3.63, 3.8) is 0 Å². The second kappa shape index (κ2) is 9.48. The van der Waals surface area contributed by atoms with Crippen LogP contribution in [0.3, 0.4) is 0 Å². The number of carbonyl (C=O) groups is 1. The molecule has 1 N–H and O–H groups in total. The van der Waals surface area contributed by atoms with E-state index in [2.05, 4.69) is 22.0 Å². The summed E-state index contributed by atoms with van der Waals surface area (Å²) >= 11 is 5.64. The van der Waals surface area contributed by atoms with Crippen LogP contribution in [0, 0.1) is 0 Å². The molecular weight excluding hydrogens is 358 g/mol. The number of para-hydroxylation sites is 1. The highest BCUT2D eigenvalue weighted by Gasteiger charge is 2.18. The first-order valence-electron chi connectivity index (χ1n) is 9.25. The molecule has 0 radical (unpaired) electrons. The lowest BCUT2D eigenvalue weighted by atomic mass is 10.2. The van der Waals surface area contributed by atoms with Gasteiger partial charge in [0, 0.05) is 37.4 Å². The Balaban J connectivity index is 1.48. The van der Waals surface area contributed by atoms with Crippen molar-refractivity contribution in [1.29, 1.82) is 0 Å². The third-order valence-electron chi connectivity index (χ3n) is 4.64. The fraction of sp³-hybridized carbons (Fsp3) is 0.333. The molecule has 0 bridgehead atoms. The van der Waals surface area contributed by atoms with E-state index in [1.54, 1.807) is 0 Å². The van der Waals surface area contributed by atoms with Gasteiger partial charge in [-0.1, -0.05) is 37.3 Å². The van der Waals surface area contributed by atoms with Crippen molar-refractivity contribution in [3.05, 3.63) is 60.2 Å². The van der Waals surface area contributed by atoms with Gasteiger partial charge >= 0.3 is 0 Å². The van der Waals surface area contributed by atoms with E-state index in [0.717, 1.165) is 49.0 Å². The number of benzene rings is 2. The second-order valence-corrected chi connectivity index (χ2v) is 6.84. The minimum Gasteiger partial charge on any atom is -0.484 e. The third-order valence-corrected chi connectivity index (χ3v) is 5.13. The summed E-state index contributed by atoms with van der Waals surface area (Å²) in [7, 11) is 0. The Kier molecular flexibility index (Phi) is 6.79. The Bertz CT molecular complexity index is 757. The Hall–Kier alpha value is -2.44. The molecule has 5 nitrogen and oxygen atoms in total. The van der Waals surface area contributed by atoms with E-state index < -0.39 is 0 Å². The van der Waals surface area contributed by atoms with Crippen LogP contribution in [0.4, 0.5) is 5.69 Å². The molecule has 1 aliphatic rings. The molecule has 0 atom stereocenters. The number of thiocarbonyl (C=S) groups is 1. The average Bonchev–Trinajstić information content (AvgIpc) is 2.73. The molecule has 0 aromatic heterocycles. The maximum atomic E-state index is 12.0. The van der Waals surface area contributed by atoms with E-state index in [1.807, 2.05) is 54.6 Å². The Morgan fingerprint density at radius 3 is 2.33 bits per heavy atom. The van der Waals surface area contributed by atoms with Gasteiger partial charge in [-0.3, -0.25) is 4.79 Å². The topological polar surface area (TPSA) is 44.8 Å². The fourth-order valence-electron chi connectivity index (χ4n) is 3.01. The average molecular weight is 384 g/mol. The number of carbonyl (C=O) groups excluding carboxylic acids is 1. The maximum Gasteiger partial charge on any atom is 0.262 e. The molecular formula is C21H25N3O2S.